The number of hydrogen-bond acceptors (Lipinski definition) is 9. The van der Waals surface area contributed by atoms with E-state index >= 15 is 0 Å². The van der Waals surface area contributed by atoms with Crippen LogP contribution in [-0.4, -0.2) is 67.0 Å². The van der Waals surface area contributed by atoms with Crippen LogP contribution in [-0.2, 0) is 14.6 Å². The molecule has 3 N–H and O–H groups in total. The van der Waals surface area contributed by atoms with Crippen LogP contribution in [0.3, 0.4) is 0 Å². The van der Waals surface area contributed by atoms with Gasteiger partial charge in [0, 0.05) is 31.1 Å². The first-order valence-electron chi connectivity index (χ1n) is 11.4. The molecule has 0 radical (unpaired) electrons. The average molecular weight is 472 g/mol. The molecule has 1 aliphatic heterocycles. The number of aromatic nitrogens is 4. The summed E-state index contributed by atoms with van der Waals surface area (Å²) in [6.45, 7) is 2.71. The molecular formula is C22H29N7O3S. The van der Waals surface area contributed by atoms with E-state index in [2.05, 4.69) is 35.5 Å². The summed E-state index contributed by atoms with van der Waals surface area (Å²) in [6.07, 6.45) is 8.68. The molecule has 2 fully saturated rings. The molecule has 0 amide bonds. The van der Waals surface area contributed by atoms with Crippen molar-refractivity contribution in [2.45, 2.75) is 43.0 Å². The lowest BCUT2D eigenvalue weighted by Gasteiger charge is -2.29. The van der Waals surface area contributed by atoms with Crippen LogP contribution in [0.2, 0.25) is 0 Å². The standard InChI is InChI=1S/C22H29N7O3S/c1-33(30,31)18-13-16(29-9-11-32-12-10-29)7-8-17(18)26-22-27-20-19(23-14-24-20)21(28-22)25-15-5-3-2-4-6-15/h7-8,13-15H,2-6,9-12H2,1H3,(H3,23,24,25,26,27,28). The molecule has 1 saturated heterocycles. The van der Waals surface area contributed by atoms with Crippen molar-refractivity contribution >= 4 is 44.1 Å². The molecular weight excluding hydrogens is 442 g/mol. The molecule has 10 nitrogen and oxygen atoms in total. The number of rotatable bonds is 6. The van der Waals surface area contributed by atoms with Crippen LogP contribution in [0.5, 0.6) is 0 Å². The lowest BCUT2D eigenvalue weighted by molar-refractivity contribution is 0.122. The molecule has 1 aliphatic carbocycles. The van der Waals surface area contributed by atoms with Crippen molar-refractivity contribution in [1.82, 2.24) is 19.9 Å². The van der Waals surface area contributed by atoms with E-state index in [0.717, 1.165) is 37.1 Å². The number of morpholine rings is 1. The number of H-pyrrole nitrogens is 1. The van der Waals surface area contributed by atoms with E-state index in [9.17, 15) is 8.42 Å². The molecule has 11 heteroatoms. The summed E-state index contributed by atoms with van der Waals surface area (Å²) in [7, 11) is -3.49. The number of anilines is 4. The van der Waals surface area contributed by atoms with Gasteiger partial charge in [-0.3, -0.25) is 0 Å². The van der Waals surface area contributed by atoms with Gasteiger partial charge in [-0.1, -0.05) is 19.3 Å². The molecule has 0 unspecified atom stereocenters. The van der Waals surface area contributed by atoms with Gasteiger partial charge in [0.15, 0.2) is 21.3 Å². The smallest absolute Gasteiger partial charge is 0.231 e. The fraction of sp³-hybridized carbons (Fsp3) is 0.500. The van der Waals surface area contributed by atoms with Crippen molar-refractivity contribution in [3.63, 3.8) is 0 Å². The van der Waals surface area contributed by atoms with Crippen LogP contribution in [0.15, 0.2) is 29.4 Å². The molecule has 33 heavy (non-hydrogen) atoms. The number of aromatic amines is 1. The van der Waals surface area contributed by atoms with E-state index in [1.54, 1.807) is 18.5 Å². The van der Waals surface area contributed by atoms with Gasteiger partial charge in [-0.05, 0) is 31.0 Å². The van der Waals surface area contributed by atoms with Gasteiger partial charge in [0.25, 0.3) is 0 Å². The topological polar surface area (TPSA) is 125 Å². The second kappa shape index (κ2) is 9.14. The summed E-state index contributed by atoms with van der Waals surface area (Å²) in [5.74, 6) is 0.981. The van der Waals surface area contributed by atoms with Crippen LogP contribution in [0.25, 0.3) is 11.2 Å². The van der Waals surface area contributed by atoms with Gasteiger partial charge < -0.3 is 25.3 Å². The maximum Gasteiger partial charge on any atom is 0.231 e. The Kier molecular flexibility index (Phi) is 6.07. The maximum absolute atomic E-state index is 12.6. The Balaban J connectivity index is 1.47. The molecule has 0 bridgehead atoms. The van der Waals surface area contributed by atoms with Crippen molar-refractivity contribution in [3.8, 4) is 0 Å². The fourth-order valence-electron chi connectivity index (χ4n) is 4.49. The lowest BCUT2D eigenvalue weighted by Crippen LogP contribution is -2.36. The van der Waals surface area contributed by atoms with Crippen molar-refractivity contribution in [3.05, 3.63) is 24.5 Å². The number of imidazole rings is 1. The SMILES string of the molecule is CS(=O)(=O)c1cc(N2CCOCC2)ccc1Nc1nc(NC2CCCCC2)c2[nH]cnc2n1. The number of nitrogens with zero attached hydrogens (tertiary/aromatic N) is 4. The summed E-state index contributed by atoms with van der Waals surface area (Å²) in [5, 5.41) is 6.66. The molecule has 0 spiro atoms. The molecule has 3 heterocycles. The molecule has 2 aliphatic rings. The van der Waals surface area contributed by atoms with Crippen LogP contribution < -0.4 is 15.5 Å². The number of benzene rings is 1. The zero-order chi connectivity index (χ0) is 22.8. The van der Waals surface area contributed by atoms with E-state index in [-0.39, 0.29) is 4.90 Å². The number of nitrogens with one attached hydrogen (secondary N) is 3. The summed E-state index contributed by atoms with van der Waals surface area (Å²) in [5.41, 5.74) is 2.56. The van der Waals surface area contributed by atoms with E-state index < -0.39 is 9.84 Å². The Morgan fingerprint density at radius 1 is 1.12 bits per heavy atom. The Labute approximate surface area is 193 Å². The van der Waals surface area contributed by atoms with Gasteiger partial charge in [-0.2, -0.15) is 9.97 Å². The highest BCUT2D eigenvalue weighted by Gasteiger charge is 2.21. The summed E-state index contributed by atoms with van der Waals surface area (Å²) in [6, 6.07) is 5.74. The Morgan fingerprint density at radius 2 is 1.91 bits per heavy atom. The van der Waals surface area contributed by atoms with Crippen LogP contribution in [0.1, 0.15) is 32.1 Å². The third-order valence-corrected chi connectivity index (χ3v) is 7.36. The first-order chi connectivity index (χ1) is 16.0. The normalized spacial score (nSPS) is 17.9. The van der Waals surface area contributed by atoms with Gasteiger partial charge in [-0.15, -0.1) is 0 Å². The van der Waals surface area contributed by atoms with Crippen molar-refractivity contribution in [2.75, 3.05) is 48.1 Å². The van der Waals surface area contributed by atoms with E-state index in [4.69, 9.17) is 4.74 Å². The van der Waals surface area contributed by atoms with E-state index in [1.165, 1.54) is 25.5 Å². The number of sulfone groups is 1. The minimum atomic E-state index is -3.49. The number of hydrogen-bond donors (Lipinski definition) is 3. The van der Waals surface area contributed by atoms with E-state index in [1.807, 2.05) is 6.07 Å². The third-order valence-electron chi connectivity index (χ3n) is 6.22. The summed E-state index contributed by atoms with van der Waals surface area (Å²) >= 11 is 0. The molecule has 1 aromatic carbocycles. The Bertz CT molecular complexity index is 1230. The van der Waals surface area contributed by atoms with Gasteiger partial charge in [0.1, 0.15) is 5.52 Å². The van der Waals surface area contributed by atoms with Crippen molar-refractivity contribution in [2.24, 2.45) is 0 Å². The quantitative estimate of drug-likeness (QED) is 0.497. The second-order valence-corrected chi connectivity index (χ2v) is 10.6. The summed E-state index contributed by atoms with van der Waals surface area (Å²) < 4.78 is 30.7. The van der Waals surface area contributed by atoms with Gasteiger partial charge in [0.2, 0.25) is 5.95 Å². The number of ether oxygens (including phenoxy) is 1. The molecule has 2 aromatic heterocycles. The van der Waals surface area contributed by atoms with Gasteiger partial charge >= 0.3 is 0 Å². The van der Waals surface area contributed by atoms with Gasteiger partial charge in [0.05, 0.1) is 30.1 Å². The van der Waals surface area contributed by atoms with Crippen LogP contribution >= 0.6 is 0 Å². The molecule has 5 rings (SSSR count). The first-order valence-corrected chi connectivity index (χ1v) is 13.3. The van der Waals surface area contributed by atoms with Crippen molar-refractivity contribution < 1.29 is 13.2 Å². The lowest BCUT2D eigenvalue weighted by atomic mass is 9.95. The zero-order valence-electron chi connectivity index (χ0n) is 18.7. The molecule has 176 valence electrons. The average Bonchev–Trinajstić information content (AvgIpc) is 3.29. The van der Waals surface area contributed by atoms with Crippen LogP contribution in [0, 0.1) is 0 Å². The fourth-order valence-corrected chi connectivity index (χ4v) is 5.35. The monoisotopic (exact) mass is 471 g/mol. The molecule has 0 atom stereocenters. The Hall–Kier alpha value is -2.92. The number of fused-ring (bicyclic) bond motifs is 1. The zero-order valence-corrected chi connectivity index (χ0v) is 19.5. The predicted molar refractivity (Wildman–Crippen MR) is 128 cm³/mol. The second-order valence-electron chi connectivity index (χ2n) is 8.65. The molecule has 3 aromatic rings. The van der Waals surface area contributed by atoms with Crippen molar-refractivity contribution in [1.29, 1.82) is 0 Å². The highest BCUT2D eigenvalue weighted by molar-refractivity contribution is 7.90. The highest BCUT2D eigenvalue weighted by Crippen LogP contribution is 2.31. The first kappa shape index (κ1) is 21.9. The van der Waals surface area contributed by atoms with Gasteiger partial charge in [-0.25, -0.2) is 13.4 Å². The van der Waals surface area contributed by atoms with E-state index in [0.29, 0.717) is 42.4 Å². The minimum Gasteiger partial charge on any atom is -0.378 e. The maximum atomic E-state index is 12.6. The minimum absolute atomic E-state index is 0.207. The Morgan fingerprint density at radius 3 is 2.67 bits per heavy atom. The third kappa shape index (κ3) is 4.88. The molecule has 1 saturated carbocycles. The summed E-state index contributed by atoms with van der Waals surface area (Å²) in [4.78, 5) is 18.9. The largest absolute Gasteiger partial charge is 0.378 e. The highest BCUT2D eigenvalue weighted by atomic mass is 32.2. The predicted octanol–water partition coefficient (Wildman–Crippen LogP) is 3.08. The van der Waals surface area contributed by atoms with Crippen LogP contribution in [0.4, 0.5) is 23.1 Å².